The number of ether oxygens (including phenoxy) is 3. The van der Waals surface area contributed by atoms with E-state index in [0.717, 1.165) is 57.8 Å². The summed E-state index contributed by atoms with van der Waals surface area (Å²) < 4.78 is 16.7. The summed E-state index contributed by atoms with van der Waals surface area (Å²) >= 11 is 0. The second kappa shape index (κ2) is 58.0. The maximum Gasteiger partial charge on any atom is 0.306 e. The Labute approximate surface area is 425 Å². The summed E-state index contributed by atoms with van der Waals surface area (Å²) in [6, 6.07) is 0. The topological polar surface area (TPSA) is 78.9 Å². The Balaban J connectivity index is 3.74. The van der Waals surface area contributed by atoms with Crippen LogP contribution in [0.15, 0.2) is 0 Å². The van der Waals surface area contributed by atoms with E-state index in [9.17, 15) is 14.4 Å². The van der Waals surface area contributed by atoms with Crippen molar-refractivity contribution < 1.29 is 28.6 Å². The third kappa shape index (κ3) is 55.3. The minimum atomic E-state index is -0.758. The molecule has 0 N–H and O–H groups in total. The Hall–Kier alpha value is -1.59. The lowest BCUT2D eigenvalue weighted by atomic mass is 10.0. The molecule has 68 heavy (non-hydrogen) atoms. The molecule has 0 aliphatic heterocycles. The number of rotatable bonds is 58. The smallest absolute Gasteiger partial charge is 0.306 e. The highest BCUT2D eigenvalue weighted by Gasteiger charge is 2.19. The molecule has 0 rings (SSSR count). The zero-order valence-electron chi connectivity index (χ0n) is 46.4. The molecule has 0 aromatic carbocycles. The molecule has 0 amide bonds. The first-order valence-electron chi connectivity index (χ1n) is 31.0. The van der Waals surface area contributed by atoms with Crippen molar-refractivity contribution in [2.24, 2.45) is 0 Å². The summed E-state index contributed by atoms with van der Waals surface area (Å²) in [6.07, 6.45) is 66.2. The van der Waals surface area contributed by atoms with Crippen LogP contribution < -0.4 is 0 Å². The highest BCUT2D eigenvalue weighted by Crippen LogP contribution is 2.18. The quantitative estimate of drug-likeness (QED) is 0.0343. The van der Waals surface area contributed by atoms with Crippen LogP contribution in [0.4, 0.5) is 0 Å². The number of esters is 3. The number of unbranched alkanes of at least 4 members (excludes halogenated alkanes) is 47. The lowest BCUT2D eigenvalue weighted by molar-refractivity contribution is -0.167. The average molecular weight is 962 g/mol. The standard InChI is InChI=1S/C62H120O6/c1-4-7-10-13-16-18-19-20-21-22-23-24-25-26-27-28-29-30-31-32-33-34-35-36-37-38-39-40-41-42-43-45-46-49-52-55-61(64)67-58-59(57-66-60(63)54-51-48-15-12-9-6-3)68-62(65)56-53-50-47-44-17-14-11-8-5-2/h59H,4-58H2,1-3H3. The molecular weight excluding hydrogens is 841 g/mol. The SMILES string of the molecule is CCCCCCCCCCCCCCCCCCCCCCCCCCCCCCCCCCCCCC(=O)OCC(COC(=O)CCCCCCCC)OC(=O)CCCCCCCCCCC. The maximum atomic E-state index is 12.7. The summed E-state index contributed by atoms with van der Waals surface area (Å²) in [5.74, 6) is -0.856. The largest absolute Gasteiger partial charge is 0.462 e. The van der Waals surface area contributed by atoms with E-state index >= 15 is 0 Å². The zero-order valence-corrected chi connectivity index (χ0v) is 46.4. The van der Waals surface area contributed by atoms with E-state index in [1.165, 1.54) is 263 Å². The van der Waals surface area contributed by atoms with Crippen LogP contribution in [0.1, 0.15) is 361 Å². The fourth-order valence-electron chi connectivity index (χ4n) is 9.68. The normalized spacial score (nSPS) is 11.9. The van der Waals surface area contributed by atoms with Gasteiger partial charge in [0, 0.05) is 19.3 Å². The Morgan fingerprint density at radius 3 is 0.588 bits per heavy atom. The molecule has 0 saturated carbocycles. The molecule has 1 unspecified atom stereocenters. The molecule has 0 bridgehead atoms. The van der Waals surface area contributed by atoms with Crippen molar-refractivity contribution in [2.45, 2.75) is 367 Å². The first-order chi connectivity index (χ1) is 33.5. The van der Waals surface area contributed by atoms with Crippen LogP contribution >= 0.6 is 0 Å². The van der Waals surface area contributed by atoms with Crippen LogP contribution in [0.3, 0.4) is 0 Å². The molecule has 0 fully saturated rings. The van der Waals surface area contributed by atoms with Gasteiger partial charge in [-0.2, -0.15) is 0 Å². The van der Waals surface area contributed by atoms with Gasteiger partial charge in [0.05, 0.1) is 0 Å². The summed E-state index contributed by atoms with van der Waals surface area (Å²) in [6.45, 7) is 6.61. The first-order valence-corrected chi connectivity index (χ1v) is 31.0. The fraction of sp³-hybridized carbons (Fsp3) is 0.952. The van der Waals surface area contributed by atoms with Gasteiger partial charge in [0.15, 0.2) is 6.10 Å². The highest BCUT2D eigenvalue weighted by molar-refractivity contribution is 5.71. The molecule has 6 nitrogen and oxygen atoms in total. The molecule has 6 heteroatoms. The number of hydrogen-bond acceptors (Lipinski definition) is 6. The van der Waals surface area contributed by atoms with Gasteiger partial charge < -0.3 is 14.2 Å². The van der Waals surface area contributed by atoms with Gasteiger partial charge in [0.1, 0.15) is 13.2 Å². The summed E-state index contributed by atoms with van der Waals surface area (Å²) in [5, 5.41) is 0. The highest BCUT2D eigenvalue weighted by atomic mass is 16.6. The Morgan fingerprint density at radius 1 is 0.235 bits per heavy atom. The van der Waals surface area contributed by atoms with Gasteiger partial charge in [-0.05, 0) is 19.3 Å². The molecule has 404 valence electrons. The Bertz CT molecular complexity index is 1010. The fourth-order valence-corrected chi connectivity index (χ4v) is 9.68. The van der Waals surface area contributed by atoms with Crippen LogP contribution in [0.2, 0.25) is 0 Å². The van der Waals surface area contributed by atoms with E-state index < -0.39 is 6.10 Å². The van der Waals surface area contributed by atoms with Crippen molar-refractivity contribution >= 4 is 17.9 Å². The van der Waals surface area contributed by atoms with E-state index in [1.807, 2.05) is 0 Å². The van der Waals surface area contributed by atoms with Gasteiger partial charge in [-0.25, -0.2) is 0 Å². The van der Waals surface area contributed by atoms with Crippen LogP contribution in [0.25, 0.3) is 0 Å². The van der Waals surface area contributed by atoms with Crippen molar-refractivity contribution in [1.82, 2.24) is 0 Å². The number of hydrogen-bond donors (Lipinski definition) is 0. The third-order valence-electron chi connectivity index (χ3n) is 14.4. The summed E-state index contributed by atoms with van der Waals surface area (Å²) in [7, 11) is 0. The Kier molecular flexibility index (Phi) is 56.6. The number of carbonyl (C=O) groups excluding carboxylic acids is 3. The molecule has 0 aromatic rings. The molecule has 0 aromatic heterocycles. The average Bonchev–Trinajstić information content (AvgIpc) is 3.34. The van der Waals surface area contributed by atoms with E-state index in [0.29, 0.717) is 19.3 Å². The predicted octanol–water partition coefficient (Wildman–Crippen LogP) is 20.7. The van der Waals surface area contributed by atoms with E-state index in [4.69, 9.17) is 14.2 Å². The monoisotopic (exact) mass is 961 g/mol. The van der Waals surface area contributed by atoms with Gasteiger partial charge >= 0.3 is 17.9 Å². The minimum absolute atomic E-state index is 0.0632. The second-order valence-electron chi connectivity index (χ2n) is 21.3. The van der Waals surface area contributed by atoms with Crippen molar-refractivity contribution in [3.8, 4) is 0 Å². The van der Waals surface area contributed by atoms with Gasteiger partial charge in [0.2, 0.25) is 0 Å². The van der Waals surface area contributed by atoms with E-state index in [2.05, 4.69) is 20.8 Å². The van der Waals surface area contributed by atoms with Gasteiger partial charge in [0.25, 0.3) is 0 Å². The van der Waals surface area contributed by atoms with E-state index in [-0.39, 0.29) is 31.1 Å². The van der Waals surface area contributed by atoms with Crippen LogP contribution in [-0.4, -0.2) is 37.2 Å². The Morgan fingerprint density at radius 2 is 0.397 bits per heavy atom. The molecule has 1 atom stereocenters. The molecule has 0 radical (unpaired) electrons. The summed E-state index contributed by atoms with van der Waals surface area (Å²) in [5.41, 5.74) is 0. The predicted molar refractivity (Wildman–Crippen MR) is 294 cm³/mol. The third-order valence-corrected chi connectivity index (χ3v) is 14.4. The second-order valence-corrected chi connectivity index (χ2v) is 21.3. The number of carbonyl (C=O) groups is 3. The van der Waals surface area contributed by atoms with Crippen LogP contribution in [0.5, 0.6) is 0 Å². The molecule has 0 saturated heterocycles. The maximum absolute atomic E-state index is 12.7. The molecule has 0 heterocycles. The van der Waals surface area contributed by atoms with E-state index in [1.54, 1.807) is 0 Å². The zero-order chi connectivity index (χ0) is 49.3. The molecular formula is C62H120O6. The van der Waals surface area contributed by atoms with Gasteiger partial charge in [-0.3, -0.25) is 14.4 Å². The minimum Gasteiger partial charge on any atom is -0.462 e. The first kappa shape index (κ1) is 66.4. The lowest BCUT2D eigenvalue weighted by Gasteiger charge is -2.18. The van der Waals surface area contributed by atoms with Crippen LogP contribution in [-0.2, 0) is 28.6 Å². The molecule has 0 spiro atoms. The van der Waals surface area contributed by atoms with Crippen molar-refractivity contribution in [3.63, 3.8) is 0 Å². The van der Waals surface area contributed by atoms with Crippen LogP contribution in [0, 0.1) is 0 Å². The molecule has 0 aliphatic carbocycles. The molecule has 0 aliphatic rings. The lowest BCUT2D eigenvalue weighted by Crippen LogP contribution is -2.30. The van der Waals surface area contributed by atoms with Crippen molar-refractivity contribution in [2.75, 3.05) is 13.2 Å². The van der Waals surface area contributed by atoms with Crippen molar-refractivity contribution in [3.05, 3.63) is 0 Å². The van der Waals surface area contributed by atoms with Gasteiger partial charge in [-0.15, -0.1) is 0 Å². The van der Waals surface area contributed by atoms with Crippen molar-refractivity contribution in [1.29, 1.82) is 0 Å². The van der Waals surface area contributed by atoms with Gasteiger partial charge in [-0.1, -0.05) is 323 Å². The summed E-state index contributed by atoms with van der Waals surface area (Å²) in [4.78, 5) is 37.7.